The molecule has 1 saturated heterocycles. The van der Waals surface area contributed by atoms with E-state index in [1.807, 2.05) is 17.0 Å². The summed E-state index contributed by atoms with van der Waals surface area (Å²) < 4.78 is 45.0. The second-order valence-electron chi connectivity index (χ2n) is 9.47. The topological polar surface area (TPSA) is 65.8 Å². The number of furan rings is 1. The lowest BCUT2D eigenvalue weighted by molar-refractivity contribution is -0.137. The Balaban J connectivity index is 1.66. The summed E-state index contributed by atoms with van der Waals surface area (Å²) in [5.74, 6) is -0.0474. The Labute approximate surface area is 220 Å². The average Bonchev–Trinajstić information content (AvgIpc) is 3.44. The molecule has 0 atom stereocenters. The minimum absolute atomic E-state index is 0.116. The molecule has 2 aromatic carbocycles. The van der Waals surface area contributed by atoms with E-state index in [4.69, 9.17) is 4.42 Å². The molecule has 2 heterocycles. The second kappa shape index (κ2) is 12.2. The first kappa shape index (κ1) is 27.3. The molecule has 0 saturated carbocycles. The van der Waals surface area contributed by atoms with E-state index in [2.05, 4.69) is 17.1 Å². The van der Waals surface area contributed by atoms with Gasteiger partial charge in [0.1, 0.15) is 5.76 Å². The highest BCUT2D eigenvalue weighted by atomic mass is 19.4. The summed E-state index contributed by atoms with van der Waals surface area (Å²) in [5.41, 5.74) is 0.491. The normalized spacial score (nSPS) is 13.8. The fourth-order valence-electron chi connectivity index (χ4n) is 4.59. The van der Waals surface area contributed by atoms with Crippen LogP contribution in [0.1, 0.15) is 71.1 Å². The second-order valence-corrected chi connectivity index (χ2v) is 9.47. The van der Waals surface area contributed by atoms with Crippen molar-refractivity contribution in [3.8, 4) is 0 Å². The molecular weight excluding hydrogens is 495 g/mol. The number of nitrogens with zero attached hydrogens (tertiary/aromatic N) is 2. The first-order valence-electron chi connectivity index (χ1n) is 13.0. The largest absolute Gasteiger partial charge is 0.467 e. The van der Waals surface area contributed by atoms with E-state index in [-0.39, 0.29) is 11.5 Å². The number of hydrogen-bond donors (Lipinski definition) is 1. The zero-order chi connectivity index (χ0) is 27.1. The molecule has 6 nitrogen and oxygen atoms in total. The van der Waals surface area contributed by atoms with Crippen molar-refractivity contribution in [1.82, 2.24) is 4.90 Å². The lowest BCUT2D eigenvalue weighted by Crippen LogP contribution is -2.37. The van der Waals surface area contributed by atoms with E-state index in [1.165, 1.54) is 12.1 Å². The fourth-order valence-corrected chi connectivity index (χ4v) is 4.59. The predicted octanol–water partition coefficient (Wildman–Crippen LogP) is 6.98. The molecule has 9 heteroatoms. The minimum Gasteiger partial charge on any atom is -0.467 e. The highest BCUT2D eigenvalue weighted by Gasteiger charge is 2.31. The van der Waals surface area contributed by atoms with Gasteiger partial charge in [0.2, 0.25) is 0 Å². The Hall–Kier alpha value is -3.75. The number of likely N-dealkylation sites (tertiary alicyclic amines) is 1. The number of benzene rings is 2. The molecule has 4 rings (SSSR count). The van der Waals surface area contributed by atoms with Crippen molar-refractivity contribution in [3.63, 3.8) is 0 Å². The first-order valence-corrected chi connectivity index (χ1v) is 13.0. The summed E-state index contributed by atoms with van der Waals surface area (Å²) in [6, 6.07) is 13.1. The third kappa shape index (κ3) is 6.76. The number of nitrogens with one attached hydrogen (secondary N) is 1. The van der Waals surface area contributed by atoms with Crippen LogP contribution < -0.4 is 10.2 Å². The Morgan fingerprint density at radius 2 is 1.82 bits per heavy atom. The van der Waals surface area contributed by atoms with Gasteiger partial charge in [0.15, 0.2) is 0 Å². The number of amides is 2. The standard InChI is InChI=1S/C29H32F3N3O3/c1-2-3-14-35(20-24-11-8-17-38-24)26-13-12-23(19-25(26)28(37)34-15-5-4-6-16-34)33-27(36)21-9-7-10-22(18-21)29(30,31)32/h7-13,17-19H,2-6,14-16,20H2,1H3,(H,33,36). The van der Waals surface area contributed by atoms with E-state index in [1.54, 1.807) is 24.5 Å². The summed E-state index contributed by atoms with van der Waals surface area (Å²) in [4.78, 5) is 30.5. The van der Waals surface area contributed by atoms with Gasteiger partial charge in [0.05, 0.1) is 29.6 Å². The maximum absolute atomic E-state index is 13.7. The Morgan fingerprint density at radius 1 is 1.03 bits per heavy atom. The summed E-state index contributed by atoms with van der Waals surface area (Å²) >= 11 is 0. The van der Waals surface area contributed by atoms with Crippen LogP contribution in [0.15, 0.2) is 65.3 Å². The average molecular weight is 528 g/mol. The van der Waals surface area contributed by atoms with Crippen molar-refractivity contribution in [2.75, 3.05) is 29.9 Å². The van der Waals surface area contributed by atoms with E-state index in [0.29, 0.717) is 37.4 Å². The van der Waals surface area contributed by atoms with Gasteiger partial charge in [-0.15, -0.1) is 0 Å². The van der Waals surface area contributed by atoms with Gasteiger partial charge < -0.3 is 19.5 Å². The molecule has 2 amide bonds. The zero-order valence-corrected chi connectivity index (χ0v) is 21.4. The quantitative estimate of drug-likeness (QED) is 0.326. The fraction of sp³-hybridized carbons (Fsp3) is 0.379. The number of rotatable bonds is 9. The van der Waals surface area contributed by atoms with Crippen LogP contribution in [0.5, 0.6) is 0 Å². The van der Waals surface area contributed by atoms with E-state index < -0.39 is 17.6 Å². The zero-order valence-electron chi connectivity index (χ0n) is 21.4. The first-order chi connectivity index (χ1) is 18.3. The smallest absolute Gasteiger partial charge is 0.416 e. The Bertz CT molecular complexity index is 1240. The molecule has 0 bridgehead atoms. The molecule has 0 aliphatic carbocycles. The molecule has 0 radical (unpaired) electrons. The molecule has 1 aliphatic heterocycles. The van der Waals surface area contributed by atoms with Crippen molar-refractivity contribution < 1.29 is 27.2 Å². The number of hydrogen-bond acceptors (Lipinski definition) is 4. The third-order valence-corrected chi connectivity index (χ3v) is 6.63. The van der Waals surface area contributed by atoms with Crippen molar-refractivity contribution in [2.45, 2.75) is 51.7 Å². The van der Waals surface area contributed by atoms with Gasteiger partial charge >= 0.3 is 6.18 Å². The summed E-state index contributed by atoms with van der Waals surface area (Å²) in [6.07, 6.45) is 1.87. The van der Waals surface area contributed by atoms with Crippen LogP contribution >= 0.6 is 0 Å². The van der Waals surface area contributed by atoms with E-state index in [9.17, 15) is 22.8 Å². The molecule has 38 heavy (non-hydrogen) atoms. The molecule has 0 spiro atoms. The highest BCUT2D eigenvalue weighted by molar-refractivity contribution is 6.06. The van der Waals surface area contributed by atoms with Gasteiger partial charge in [-0.05, 0) is 74.2 Å². The monoisotopic (exact) mass is 527 g/mol. The molecule has 1 aromatic heterocycles. The number of carbonyl (C=O) groups is 2. The van der Waals surface area contributed by atoms with Crippen molar-refractivity contribution in [2.24, 2.45) is 0 Å². The number of anilines is 2. The number of carbonyl (C=O) groups excluding carboxylic acids is 2. The van der Waals surface area contributed by atoms with Gasteiger partial charge in [0.25, 0.3) is 11.8 Å². The van der Waals surface area contributed by atoms with Crippen molar-refractivity contribution in [1.29, 1.82) is 0 Å². The lowest BCUT2D eigenvalue weighted by Gasteiger charge is -2.31. The van der Waals surface area contributed by atoms with E-state index >= 15 is 0 Å². The number of unbranched alkanes of at least 4 members (excludes halogenated alkanes) is 1. The van der Waals surface area contributed by atoms with Gasteiger partial charge in [-0.25, -0.2) is 0 Å². The van der Waals surface area contributed by atoms with Crippen LogP contribution in [0, 0.1) is 0 Å². The molecular formula is C29H32F3N3O3. The van der Waals surface area contributed by atoms with Crippen LogP contribution in [0.4, 0.5) is 24.5 Å². The summed E-state index contributed by atoms with van der Waals surface area (Å²) in [5, 5.41) is 2.68. The van der Waals surface area contributed by atoms with Crippen LogP contribution in [0.3, 0.4) is 0 Å². The van der Waals surface area contributed by atoms with Crippen LogP contribution in [0.25, 0.3) is 0 Å². The molecule has 0 unspecified atom stereocenters. The van der Waals surface area contributed by atoms with Crippen molar-refractivity contribution in [3.05, 3.63) is 83.3 Å². The number of piperidine rings is 1. The van der Waals surface area contributed by atoms with Gasteiger partial charge in [-0.1, -0.05) is 19.4 Å². The molecule has 3 aromatic rings. The Morgan fingerprint density at radius 3 is 2.50 bits per heavy atom. The number of alkyl halides is 3. The van der Waals surface area contributed by atoms with Crippen LogP contribution in [-0.4, -0.2) is 36.3 Å². The van der Waals surface area contributed by atoms with Gasteiger partial charge in [-0.2, -0.15) is 13.2 Å². The maximum Gasteiger partial charge on any atom is 0.416 e. The minimum atomic E-state index is -4.55. The summed E-state index contributed by atoms with van der Waals surface area (Å²) in [6.45, 7) is 4.59. The lowest BCUT2D eigenvalue weighted by atomic mass is 10.0. The van der Waals surface area contributed by atoms with Gasteiger partial charge in [-0.3, -0.25) is 9.59 Å². The maximum atomic E-state index is 13.7. The third-order valence-electron chi connectivity index (χ3n) is 6.63. The summed E-state index contributed by atoms with van der Waals surface area (Å²) in [7, 11) is 0. The number of halogens is 3. The van der Waals surface area contributed by atoms with Crippen LogP contribution in [0.2, 0.25) is 0 Å². The van der Waals surface area contributed by atoms with Crippen LogP contribution in [-0.2, 0) is 12.7 Å². The van der Waals surface area contributed by atoms with E-state index in [0.717, 1.165) is 55.7 Å². The highest BCUT2D eigenvalue weighted by Crippen LogP contribution is 2.31. The molecule has 1 N–H and O–H groups in total. The van der Waals surface area contributed by atoms with Gasteiger partial charge in [0, 0.05) is 30.9 Å². The SMILES string of the molecule is CCCCN(Cc1ccco1)c1ccc(NC(=O)c2cccc(C(F)(F)F)c2)cc1C(=O)N1CCCCC1. The molecule has 1 aliphatic rings. The Kier molecular flexibility index (Phi) is 8.76. The van der Waals surface area contributed by atoms with Crippen molar-refractivity contribution >= 4 is 23.2 Å². The molecule has 202 valence electrons. The predicted molar refractivity (Wildman–Crippen MR) is 140 cm³/mol. The molecule has 1 fully saturated rings.